The zero-order valence-corrected chi connectivity index (χ0v) is 8.38. The van der Waals surface area contributed by atoms with Crippen LogP contribution in [0.4, 0.5) is 0 Å². The van der Waals surface area contributed by atoms with Gasteiger partial charge < -0.3 is 9.84 Å². The molecule has 0 aromatic carbocycles. The molecule has 0 rings (SSSR count). The summed E-state index contributed by atoms with van der Waals surface area (Å²) in [4.78, 5) is 10.9. The van der Waals surface area contributed by atoms with Crippen molar-refractivity contribution in [1.82, 2.24) is 0 Å². The van der Waals surface area contributed by atoms with Crippen molar-refractivity contribution >= 4 is 28.6 Å². The van der Waals surface area contributed by atoms with Crippen LogP contribution < -0.4 is 0 Å². The fraction of sp³-hybridized carbons (Fsp3) is 0.833. The lowest BCUT2D eigenvalue weighted by atomic mass is 10.2. The van der Waals surface area contributed by atoms with E-state index < -0.39 is 15.7 Å². The Hall–Kier alpha value is 0.160. The Bertz CT molecular complexity index is 125. The van der Waals surface area contributed by atoms with Crippen LogP contribution in [0.15, 0.2) is 0 Å². The SMILES string of the molecule is CC(O)OC(=O)C(C)(C)I. The number of esters is 1. The summed E-state index contributed by atoms with van der Waals surface area (Å²) in [5, 5.41) is 8.64. The maximum absolute atomic E-state index is 10.9. The zero-order chi connectivity index (χ0) is 8.36. The largest absolute Gasteiger partial charge is 0.435 e. The summed E-state index contributed by atoms with van der Waals surface area (Å²) >= 11 is 1.95. The van der Waals surface area contributed by atoms with Gasteiger partial charge in [-0.05, 0) is 20.8 Å². The molecule has 0 saturated heterocycles. The van der Waals surface area contributed by atoms with E-state index in [1.54, 1.807) is 13.8 Å². The van der Waals surface area contributed by atoms with Crippen molar-refractivity contribution in [3.8, 4) is 0 Å². The molecule has 10 heavy (non-hydrogen) atoms. The molecule has 1 N–H and O–H groups in total. The van der Waals surface area contributed by atoms with Gasteiger partial charge in [-0.1, -0.05) is 22.6 Å². The van der Waals surface area contributed by atoms with E-state index in [1.807, 2.05) is 22.6 Å². The monoisotopic (exact) mass is 258 g/mol. The Morgan fingerprint density at radius 2 is 2.10 bits per heavy atom. The number of aliphatic hydroxyl groups is 1. The van der Waals surface area contributed by atoms with Crippen LogP contribution in [0.25, 0.3) is 0 Å². The van der Waals surface area contributed by atoms with E-state index in [1.165, 1.54) is 6.92 Å². The van der Waals surface area contributed by atoms with Crippen molar-refractivity contribution in [2.75, 3.05) is 0 Å². The first-order valence-electron chi connectivity index (χ1n) is 2.92. The third-order valence-electron chi connectivity index (χ3n) is 0.763. The number of hydrogen-bond acceptors (Lipinski definition) is 3. The molecule has 0 radical (unpaired) electrons. The zero-order valence-electron chi connectivity index (χ0n) is 6.22. The number of halogens is 1. The Morgan fingerprint density at radius 3 is 2.20 bits per heavy atom. The highest BCUT2D eigenvalue weighted by molar-refractivity contribution is 14.1. The maximum atomic E-state index is 10.9. The van der Waals surface area contributed by atoms with Gasteiger partial charge in [0.15, 0.2) is 6.29 Å². The summed E-state index contributed by atoms with van der Waals surface area (Å²) in [5.41, 5.74) is 0. The van der Waals surface area contributed by atoms with Crippen molar-refractivity contribution in [3.05, 3.63) is 0 Å². The van der Waals surface area contributed by atoms with Crippen LogP contribution in [-0.2, 0) is 9.53 Å². The molecule has 3 nitrogen and oxygen atoms in total. The lowest BCUT2D eigenvalue weighted by Gasteiger charge is -2.15. The molecule has 0 heterocycles. The van der Waals surface area contributed by atoms with Gasteiger partial charge in [-0.3, -0.25) is 4.79 Å². The molecule has 0 bridgehead atoms. The van der Waals surface area contributed by atoms with Gasteiger partial charge in [-0.25, -0.2) is 0 Å². The molecule has 0 fully saturated rings. The predicted octanol–water partition coefficient (Wildman–Crippen LogP) is 1.08. The third kappa shape index (κ3) is 4.05. The average molecular weight is 258 g/mol. The van der Waals surface area contributed by atoms with E-state index >= 15 is 0 Å². The third-order valence-corrected chi connectivity index (χ3v) is 1.20. The van der Waals surface area contributed by atoms with Crippen LogP contribution in [0, 0.1) is 0 Å². The van der Waals surface area contributed by atoms with E-state index in [0.717, 1.165) is 0 Å². The number of carbonyl (C=O) groups is 1. The molecule has 0 aliphatic heterocycles. The highest BCUT2D eigenvalue weighted by Crippen LogP contribution is 2.18. The number of rotatable bonds is 2. The van der Waals surface area contributed by atoms with E-state index in [0.29, 0.717) is 0 Å². The molecular formula is C6H11IO3. The summed E-state index contributed by atoms with van der Waals surface area (Å²) in [6.07, 6.45) is -1.01. The summed E-state index contributed by atoms with van der Waals surface area (Å²) in [5.74, 6) is -0.400. The van der Waals surface area contributed by atoms with Gasteiger partial charge in [0.25, 0.3) is 0 Å². The number of aliphatic hydroxyl groups excluding tert-OH is 1. The highest BCUT2D eigenvalue weighted by atomic mass is 127. The van der Waals surface area contributed by atoms with Crippen molar-refractivity contribution < 1.29 is 14.6 Å². The standard InChI is InChI=1S/C6H11IO3/c1-4(8)10-5(9)6(2,3)7/h4,8H,1-3H3. The Labute approximate surface area is 73.9 Å². The predicted molar refractivity (Wildman–Crippen MR) is 45.9 cm³/mol. The lowest BCUT2D eigenvalue weighted by Crippen LogP contribution is -2.29. The minimum atomic E-state index is -1.01. The summed E-state index contributed by atoms with van der Waals surface area (Å²) in [7, 11) is 0. The Morgan fingerprint density at radius 1 is 1.70 bits per heavy atom. The Kier molecular flexibility index (Phi) is 3.58. The van der Waals surface area contributed by atoms with Crippen LogP contribution in [0.5, 0.6) is 0 Å². The molecule has 0 aromatic heterocycles. The van der Waals surface area contributed by atoms with Gasteiger partial charge in [0.05, 0.1) is 0 Å². The summed E-state index contributed by atoms with van der Waals surface area (Å²) in [6, 6.07) is 0. The van der Waals surface area contributed by atoms with E-state index in [2.05, 4.69) is 4.74 Å². The number of alkyl halides is 1. The van der Waals surface area contributed by atoms with Gasteiger partial charge in [0, 0.05) is 0 Å². The number of ether oxygens (including phenoxy) is 1. The van der Waals surface area contributed by atoms with Crippen LogP contribution in [-0.4, -0.2) is 20.8 Å². The minimum absolute atomic E-state index is 0.400. The summed E-state index contributed by atoms with van der Waals surface area (Å²) in [6.45, 7) is 4.84. The van der Waals surface area contributed by atoms with E-state index in [4.69, 9.17) is 5.11 Å². The molecule has 0 saturated carbocycles. The molecule has 1 unspecified atom stereocenters. The van der Waals surface area contributed by atoms with Crippen molar-refractivity contribution in [2.24, 2.45) is 0 Å². The van der Waals surface area contributed by atoms with Crippen molar-refractivity contribution in [1.29, 1.82) is 0 Å². The highest BCUT2D eigenvalue weighted by Gasteiger charge is 2.26. The van der Waals surface area contributed by atoms with Crippen molar-refractivity contribution in [2.45, 2.75) is 30.5 Å². The number of hydrogen-bond donors (Lipinski definition) is 1. The quantitative estimate of drug-likeness (QED) is 0.349. The fourth-order valence-electron chi connectivity index (χ4n) is 0.295. The first-order chi connectivity index (χ1) is 4.34. The van der Waals surface area contributed by atoms with Gasteiger partial charge in [0.1, 0.15) is 3.42 Å². The topological polar surface area (TPSA) is 46.5 Å². The van der Waals surface area contributed by atoms with E-state index in [9.17, 15) is 4.79 Å². The second kappa shape index (κ2) is 3.52. The fourth-order valence-corrected chi connectivity index (χ4v) is 0.422. The molecule has 4 heteroatoms. The number of carbonyl (C=O) groups excluding carboxylic acids is 1. The average Bonchev–Trinajstić information content (AvgIpc) is 1.60. The maximum Gasteiger partial charge on any atom is 0.323 e. The van der Waals surface area contributed by atoms with Crippen LogP contribution in [0.1, 0.15) is 20.8 Å². The van der Waals surface area contributed by atoms with Crippen LogP contribution in [0.3, 0.4) is 0 Å². The normalized spacial score (nSPS) is 14.5. The molecular weight excluding hydrogens is 247 g/mol. The molecule has 0 aliphatic carbocycles. The van der Waals surface area contributed by atoms with Crippen LogP contribution >= 0.6 is 22.6 Å². The molecule has 0 aromatic rings. The molecule has 0 spiro atoms. The smallest absolute Gasteiger partial charge is 0.323 e. The summed E-state index contributed by atoms with van der Waals surface area (Å²) < 4.78 is 3.96. The lowest BCUT2D eigenvalue weighted by molar-refractivity contribution is -0.166. The van der Waals surface area contributed by atoms with Gasteiger partial charge in [0.2, 0.25) is 0 Å². The van der Waals surface area contributed by atoms with Crippen molar-refractivity contribution in [3.63, 3.8) is 0 Å². The Balaban J connectivity index is 3.87. The minimum Gasteiger partial charge on any atom is -0.435 e. The molecule has 0 amide bonds. The second-order valence-corrected chi connectivity index (χ2v) is 5.17. The molecule has 60 valence electrons. The molecule has 1 atom stereocenters. The molecule has 0 aliphatic rings. The van der Waals surface area contributed by atoms with Crippen LogP contribution in [0.2, 0.25) is 0 Å². The van der Waals surface area contributed by atoms with Gasteiger partial charge in [-0.15, -0.1) is 0 Å². The van der Waals surface area contributed by atoms with E-state index in [-0.39, 0.29) is 0 Å². The van der Waals surface area contributed by atoms with Gasteiger partial charge in [-0.2, -0.15) is 0 Å². The van der Waals surface area contributed by atoms with Gasteiger partial charge >= 0.3 is 5.97 Å². The first kappa shape index (κ1) is 10.2. The second-order valence-electron chi connectivity index (χ2n) is 2.48. The first-order valence-corrected chi connectivity index (χ1v) is 4.00.